The van der Waals surface area contributed by atoms with E-state index in [9.17, 15) is 9.90 Å². The van der Waals surface area contributed by atoms with Crippen molar-refractivity contribution in [2.75, 3.05) is 5.32 Å². The van der Waals surface area contributed by atoms with Crippen LogP contribution in [-0.2, 0) is 12.8 Å². The number of aromatic hydroxyl groups is 1. The highest BCUT2D eigenvalue weighted by molar-refractivity contribution is 9.10. The van der Waals surface area contributed by atoms with Crippen LogP contribution < -0.4 is 10.6 Å². The van der Waals surface area contributed by atoms with Crippen LogP contribution in [0.15, 0.2) is 16.6 Å². The molecule has 1 amide bonds. The van der Waals surface area contributed by atoms with Crippen molar-refractivity contribution in [2.24, 2.45) is 5.92 Å². The topological polar surface area (TPSA) is 61.4 Å². The molecule has 3 N–H and O–H groups in total. The number of carbonyl (C=O) groups is 1. The van der Waals surface area contributed by atoms with Gasteiger partial charge in [0.15, 0.2) is 0 Å². The number of nitrogens with one attached hydrogen (secondary N) is 2. The van der Waals surface area contributed by atoms with Gasteiger partial charge in [-0.15, -0.1) is 11.3 Å². The summed E-state index contributed by atoms with van der Waals surface area (Å²) < 4.78 is 0.883. The number of carbonyl (C=O) groups excluding carboxylic acids is 1. The number of anilines is 1. The molecule has 0 unspecified atom stereocenters. The smallest absolute Gasteiger partial charge is 0.256 e. The molecule has 0 saturated carbocycles. The molecular weight excluding hydrogens is 388 g/mol. The first kappa shape index (κ1) is 16.0. The molecule has 0 bridgehead atoms. The quantitative estimate of drug-likeness (QED) is 0.652. The first-order chi connectivity index (χ1) is 11.4. The van der Waals surface area contributed by atoms with E-state index in [1.807, 2.05) is 19.1 Å². The van der Waals surface area contributed by atoms with Crippen LogP contribution in [0, 0.1) is 12.8 Å². The Balaban J connectivity index is 1.74. The fraction of sp³-hybridized carbons (Fsp3) is 0.389. The number of phenols is 1. The first-order valence-electron chi connectivity index (χ1n) is 8.15. The molecule has 24 heavy (non-hydrogen) atoms. The third-order valence-electron chi connectivity index (χ3n) is 4.90. The Bertz CT molecular complexity index is 846. The van der Waals surface area contributed by atoms with E-state index in [-0.39, 0.29) is 11.7 Å². The summed E-state index contributed by atoms with van der Waals surface area (Å²) in [6.07, 6.45) is 2.74. The van der Waals surface area contributed by atoms with Gasteiger partial charge in [0.2, 0.25) is 0 Å². The van der Waals surface area contributed by atoms with Crippen molar-refractivity contribution in [2.45, 2.75) is 39.3 Å². The van der Waals surface area contributed by atoms with Gasteiger partial charge in [-0.2, -0.15) is 0 Å². The zero-order valence-electron chi connectivity index (χ0n) is 13.6. The summed E-state index contributed by atoms with van der Waals surface area (Å²) >= 11 is 5.16. The van der Waals surface area contributed by atoms with E-state index >= 15 is 0 Å². The fourth-order valence-electron chi connectivity index (χ4n) is 3.60. The molecule has 1 aromatic carbocycles. The van der Waals surface area contributed by atoms with Crippen molar-refractivity contribution in [1.82, 2.24) is 5.32 Å². The van der Waals surface area contributed by atoms with Crippen LogP contribution in [0.3, 0.4) is 0 Å². The Kier molecular flexibility index (Phi) is 3.84. The van der Waals surface area contributed by atoms with Crippen molar-refractivity contribution < 1.29 is 9.90 Å². The Morgan fingerprint density at radius 1 is 1.33 bits per heavy atom. The molecule has 1 aliphatic carbocycles. The summed E-state index contributed by atoms with van der Waals surface area (Å²) in [5.41, 5.74) is 3.48. The molecule has 0 spiro atoms. The minimum atomic E-state index is -0.418. The van der Waals surface area contributed by atoms with Crippen LogP contribution in [0.4, 0.5) is 5.00 Å². The average molecular weight is 407 g/mol. The number of amides is 1. The summed E-state index contributed by atoms with van der Waals surface area (Å²) in [6, 6.07) is 3.71. The first-order valence-corrected chi connectivity index (χ1v) is 9.76. The van der Waals surface area contributed by atoms with Gasteiger partial charge in [0.25, 0.3) is 5.91 Å². The lowest BCUT2D eigenvalue weighted by molar-refractivity contribution is 0.0935. The number of halogens is 1. The molecule has 2 aliphatic rings. The number of thiophene rings is 1. The lowest BCUT2D eigenvalue weighted by Crippen LogP contribution is -2.38. The molecule has 0 radical (unpaired) electrons. The molecule has 1 aromatic heterocycles. The van der Waals surface area contributed by atoms with Crippen molar-refractivity contribution in [3.63, 3.8) is 0 Å². The van der Waals surface area contributed by atoms with E-state index in [0.29, 0.717) is 11.5 Å². The van der Waals surface area contributed by atoms with E-state index in [0.717, 1.165) is 39.9 Å². The molecule has 2 atom stereocenters. The molecule has 0 saturated heterocycles. The monoisotopic (exact) mass is 406 g/mol. The minimum Gasteiger partial charge on any atom is -0.507 e. The Morgan fingerprint density at radius 2 is 2.12 bits per heavy atom. The molecule has 6 heteroatoms. The summed E-state index contributed by atoms with van der Waals surface area (Å²) in [5, 5.41) is 17.8. The molecule has 1 aliphatic heterocycles. The van der Waals surface area contributed by atoms with Crippen LogP contribution in [0.25, 0.3) is 0 Å². The van der Waals surface area contributed by atoms with Gasteiger partial charge in [-0.1, -0.05) is 22.9 Å². The van der Waals surface area contributed by atoms with Crippen molar-refractivity contribution in [3.8, 4) is 5.75 Å². The third kappa shape index (κ3) is 2.52. The number of benzene rings is 1. The Labute approximate surface area is 153 Å². The molecule has 4 rings (SSSR count). The number of hydrogen-bond donors (Lipinski definition) is 3. The van der Waals surface area contributed by atoms with Gasteiger partial charge in [0.1, 0.15) is 16.9 Å². The van der Waals surface area contributed by atoms with E-state index in [1.165, 1.54) is 10.4 Å². The number of phenolic OH excluding ortho intramolecular Hbond substituents is 1. The van der Waals surface area contributed by atoms with Crippen molar-refractivity contribution in [3.05, 3.63) is 43.7 Å². The Hall–Kier alpha value is -1.53. The largest absolute Gasteiger partial charge is 0.507 e. The zero-order chi connectivity index (χ0) is 17.0. The molecule has 126 valence electrons. The summed E-state index contributed by atoms with van der Waals surface area (Å²) in [5.74, 6) is 0.848. The number of aryl methyl sites for hydroxylation is 1. The van der Waals surface area contributed by atoms with Crippen LogP contribution in [0.2, 0.25) is 0 Å². The number of hydrogen-bond acceptors (Lipinski definition) is 4. The van der Waals surface area contributed by atoms with Crippen LogP contribution in [0.1, 0.15) is 51.4 Å². The molecule has 0 fully saturated rings. The van der Waals surface area contributed by atoms with Gasteiger partial charge in [0, 0.05) is 14.9 Å². The average Bonchev–Trinajstić information content (AvgIpc) is 2.88. The van der Waals surface area contributed by atoms with E-state index in [2.05, 4.69) is 33.5 Å². The third-order valence-corrected chi connectivity index (χ3v) is 6.54. The van der Waals surface area contributed by atoms with Gasteiger partial charge in [0.05, 0.1) is 5.56 Å². The van der Waals surface area contributed by atoms with Crippen LogP contribution >= 0.6 is 27.3 Å². The fourth-order valence-corrected chi connectivity index (χ4v) is 5.63. The van der Waals surface area contributed by atoms with Crippen LogP contribution in [-0.4, -0.2) is 11.0 Å². The highest BCUT2D eigenvalue weighted by Gasteiger charge is 2.34. The lowest BCUT2D eigenvalue weighted by atomic mass is 9.88. The Morgan fingerprint density at radius 3 is 2.92 bits per heavy atom. The van der Waals surface area contributed by atoms with Gasteiger partial charge in [-0.25, -0.2) is 0 Å². The molecule has 4 nitrogen and oxygen atoms in total. The number of rotatable bonds is 1. The maximum absolute atomic E-state index is 12.7. The molecular formula is C18H19BrN2O2S. The second-order valence-corrected chi connectivity index (χ2v) is 8.79. The van der Waals surface area contributed by atoms with Gasteiger partial charge in [-0.05, 0) is 55.4 Å². The van der Waals surface area contributed by atoms with Gasteiger partial charge < -0.3 is 15.7 Å². The summed E-state index contributed by atoms with van der Waals surface area (Å²) in [7, 11) is 0. The van der Waals surface area contributed by atoms with E-state index < -0.39 is 6.17 Å². The van der Waals surface area contributed by atoms with Gasteiger partial charge >= 0.3 is 0 Å². The normalized spacial score (nSPS) is 22.4. The predicted molar refractivity (Wildman–Crippen MR) is 99.9 cm³/mol. The van der Waals surface area contributed by atoms with Gasteiger partial charge in [-0.3, -0.25) is 4.79 Å². The highest BCUT2D eigenvalue weighted by Crippen LogP contribution is 2.43. The number of fused-ring (bicyclic) bond motifs is 3. The maximum atomic E-state index is 12.7. The molecule has 2 aromatic rings. The maximum Gasteiger partial charge on any atom is 0.256 e. The zero-order valence-corrected chi connectivity index (χ0v) is 16.0. The highest BCUT2D eigenvalue weighted by atomic mass is 79.9. The van der Waals surface area contributed by atoms with Crippen molar-refractivity contribution in [1.29, 1.82) is 0 Å². The van der Waals surface area contributed by atoms with Crippen molar-refractivity contribution >= 4 is 38.2 Å². The standard InChI is InChI=1S/C18H19BrN2O2S/c1-8-3-4-11-13(5-8)24-18-14(11)17(23)20-16(21-18)12-7-10(19)6-9(2)15(12)22/h6-8,16,21-22H,3-5H2,1-2H3,(H,20,23)/t8-,16+/m1/s1. The van der Waals surface area contributed by atoms with Crippen LogP contribution in [0.5, 0.6) is 5.75 Å². The SMILES string of the molecule is Cc1cc(Br)cc([C@H]2NC(=O)c3c(sc4c3CC[C@@H](C)C4)N2)c1O. The second kappa shape index (κ2) is 5.77. The second-order valence-electron chi connectivity index (χ2n) is 6.77. The molecule has 2 heterocycles. The van der Waals surface area contributed by atoms with E-state index in [1.54, 1.807) is 11.3 Å². The summed E-state index contributed by atoms with van der Waals surface area (Å²) in [6.45, 7) is 4.12. The summed E-state index contributed by atoms with van der Waals surface area (Å²) in [4.78, 5) is 14.1. The minimum absolute atomic E-state index is 0.0437. The van der Waals surface area contributed by atoms with E-state index in [4.69, 9.17) is 0 Å². The lowest BCUT2D eigenvalue weighted by Gasteiger charge is -2.28. The predicted octanol–water partition coefficient (Wildman–Crippen LogP) is 4.50.